The molecule has 1 fully saturated rings. The molecule has 4 nitrogen and oxygen atoms in total. The van der Waals surface area contributed by atoms with Crippen LogP contribution < -0.4 is 10.0 Å². The first-order valence-electron chi connectivity index (χ1n) is 5.97. The third-order valence-electron chi connectivity index (χ3n) is 3.20. The average Bonchev–Trinajstić information content (AvgIpc) is 2.32. The Morgan fingerprint density at radius 1 is 1.44 bits per heavy atom. The van der Waals surface area contributed by atoms with Crippen LogP contribution in [0.25, 0.3) is 0 Å². The van der Waals surface area contributed by atoms with E-state index >= 15 is 0 Å². The van der Waals surface area contributed by atoms with Gasteiger partial charge in [-0.2, -0.15) is 0 Å². The number of benzene rings is 1. The molecule has 1 aromatic carbocycles. The van der Waals surface area contributed by atoms with Crippen LogP contribution in [0.3, 0.4) is 0 Å². The van der Waals surface area contributed by atoms with Gasteiger partial charge in [-0.25, -0.2) is 13.1 Å². The molecule has 1 aromatic rings. The number of hydrogen-bond acceptors (Lipinski definition) is 3. The second kappa shape index (κ2) is 5.57. The summed E-state index contributed by atoms with van der Waals surface area (Å²) >= 11 is 5.82. The predicted molar refractivity (Wildman–Crippen MR) is 72.2 cm³/mol. The van der Waals surface area contributed by atoms with Crippen LogP contribution >= 0.6 is 11.6 Å². The summed E-state index contributed by atoms with van der Waals surface area (Å²) in [7, 11) is -3.48. The Morgan fingerprint density at radius 3 is 2.89 bits per heavy atom. The van der Waals surface area contributed by atoms with E-state index in [1.54, 1.807) is 18.2 Å². The van der Waals surface area contributed by atoms with E-state index in [1.807, 2.05) is 6.92 Å². The third-order valence-corrected chi connectivity index (χ3v) is 4.92. The van der Waals surface area contributed by atoms with Crippen molar-refractivity contribution in [3.05, 3.63) is 29.3 Å². The van der Waals surface area contributed by atoms with Crippen molar-refractivity contribution < 1.29 is 8.42 Å². The maximum atomic E-state index is 12.2. The minimum absolute atomic E-state index is 0.0183. The van der Waals surface area contributed by atoms with Crippen LogP contribution in [0.15, 0.2) is 29.2 Å². The van der Waals surface area contributed by atoms with E-state index in [0.717, 1.165) is 19.5 Å². The molecule has 2 rings (SSSR count). The molecule has 100 valence electrons. The Hall–Kier alpha value is -0.620. The summed E-state index contributed by atoms with van der Waals surface area (Å²) in [5.41, 5.74) is 0. The molecule has 1 heterocycles. The average molecular weight is 289 g/mol. The smallest absolute Gasteiger partial charge is 0.240 e. The Labute approximate surface area is 113 Å². The van der Waals surface area contributed by atoms with Gasteiger partial charge in [0.2, 0.25) is 10.0 Å². The lowest BCUT2D eigenvalue weighted by molar-refractivity contribution is 0.328. The standard InChI is InChI=1S/C12H17ClN2O2S/c1-9-8-14-6-5-12(9)15-18(16,17)11-4-2-3-10(13)7-11/h2-4,7,9,12,14-15H,5-6,8H2,1H3. The van der Waals surface area contributed by atoms with Gasteiger partial charge < -0.3 is 5.32 Å². The summed E-state index contributed by atoms with van der Waals surface area (Å²) in [6, 6.07) is 6.31. The molecule has 1 aliphatic rings. The fraction of sp³-hybridized carbons (Fsp3) is 0.500. The van der Waals surface area contributed by atoms with Crippen LogP contribution in [-0.2, 0) is 10.0 Å². The summed E-state index contributed by atoms with van der Waals surface area (Å²) in [4.78, 5) is 0.223. The van der Waals surface area contributed by atoms with Crippen molar-refractivity contribution in [2.45, 2.75) is 24.3 Å². The van der Waals surface area contributed by atoms with Crippen molar-refractivity contribution in [3.63, 3.8) is 0 Å². The first-order valence-corrected chi connectivity index (χ1v) is 7.84. The number of halogens is 1. The van der Waals surface area contributed by atoms with Crippen molar-refractivity contribution in [1.82, 2.24) is 10.0 Å². The van der Waals surface area contributed by atoms with E-state index in [2.05, 4.69) is 10.0 Å². The topological polar surface area (TPSA) is 58.2 Å². The molecule has 0 bridgehead atoms. The van der Waals surface area contributed by atoms with Gasteiger partial charge in [0, 0.05) is 11.1 Å². The van der Waals surface area contributed by atoms with Crippen molar-refractivity contribution in [3.8, 4) is 0 Å². The lowest BCUT2D eigenvalue weighted by Crippen LogP contribution is -2.48. The molecule has 2 unspecified atom stereocenters. The normalized spacial score (nSPS) is 25.0. The minimum atomic E-state index is -3.48. The van der Waals surface area contributed by atoms with Crippen molar-refractivity contribution in [1.29, 1.82) is 0 Å². The van der Waals surface area contributed by atoms with E-state index in [1.165, 1.54) is 6.07 Å². The summed E-state index contributed by atoms with van der Waals surface area (Å²) in [5.74, 6) is 0.285. The van der Waals surface area contributed by atoms with Crippen LogP contribution in [0.4, 0.5) is 0 Å². The van der Waals surface area contributed by atoms with Gasteiger partial charge in [-0.1, -0.05) is 24.6 Å². The molecule has 2 N–H and O–H groups in total. The monoisotopic (exact) mass is 288 g/mol. The molecule has 0 radical (unpaired) electrons. The molecule has 0 aliphatic carbocycles. The van der Waals surface area contributed by atoms with Crippen LogP contribution in [0.1, 0.15) is 13.3 Å². The van der Waals surface area contributed by atoms with E-state index < -0.39 is 10.0 Å². The molecule has 2 atom stereocenters. The van der Waals surface area contributed by atoms with Crippen LogP contribution in [0.2, 0.25) is 5.02 Å². The SMILES string of the molecule is CC1CNCCC1NS(=O)(=O)c1cccc(Cl)c1. The van der Waals surface area contributed by atoms with Crippen molar-refractivity contribution >= 4 is 21.6 Å². The number of hydrogen-bond donors (Lipinski definition) is 2. The van der Waals surface area contributed by atoms with Crippen LogP contribution in [-0.4, -0.2) is 27.5 Å². The van der Waals surface area contributed by atoms with Gasteiger partial charge in [-0.3, -0.25) is 0 Å². The molecular weight excluding hydrogens is 272 g/mol. The Morgan fingerprint density at radius 2 is 2.22 bits per heavy atom. The number of rotatable bonds is 3. The number of sulfonamides is 1. The first kappa shape index (κ1) is 13.8. The van der Waals surface area contributed by atoms with E-state index in [0.29, 0.717) is 5.02 Å². The second-order valence-electron chi connectivity index (χ2n) is 4.66. The minimum Gasteiger partial charge on any atom is -0.316 e. The van der Waals surface area contributed by atoms with Crippen LogP contribution in [0, 0.1) is 5.92 Å². The molecular formula is C12H17ClN2O2S. The highest BCUT2D eigenvalue weighted by atomic mass is 35.5. The Kier molecular flexibility index (Phi) is 4.27. The lowest BCUT2D eigenvalue weighted by Gasteiger charge is -2.29. The van der Waals surface area contributed by atoms with E-state index in [4.69, 9.17) is 11.6 Å². The van der Waals surface area contributed by atoms with Gasteiger partial charge in [0.25, 0.3) is 0 Å². The molecule has 0 aromatic heterocycles. The van der Waals surface area contributed by atoms with Gasteiger partial charge in [-0.05, 0) is 43.6 Å². The molecule has 0 spiro atoms. The zero-order valence-electron chi connectivity index (χ0n) is 10.2. The molecule has 18 heavy (non-hydrogen) atoms. The molecule has 6 heteroatoms. The molecule has 1 aliphatic heterocycles. The van der Waals surface area contributed by atoms with Gasteiger partial charge in [-0.15, -0.1) is 0 Å². The quantitative estimate of drug-likeness (QED) is 0.888. The van der Waals surface area contributed by atoms with Gasteiger partial charge >= 0.3 is 0 Å². The molecule has 0 amide bonds. The fourth-order valence-electron chi connectivity index (χ4n) is 2.09. The second-order valence-corrected chi connectivity index (χ2v) is 6.81. The summed E-state index contributed by atoms with van der Waals surface area (Å²) in [5, 5.41) is 3.67. The van der Waals surface area contributed by atoms with Gasteiger partial charge in [0.15, 0.2) is 0 Å². The van der Waals surface area contributed by atoms with Gasteiger partial charge in [0.1, 0.15) is 0 Å². The highest BCUT2D eigenvalue weighted by molar-refractivity contribution is 7.89. The highest BCUT2D eigenvalue weighted by Gasteiger charge is 2.26. The Bertz CT molecular complexity index is 519. The third kappa shape index (κ3) is 3.23. The predicted octanol–water partition coefficient (Wildman–Crippen LogP) is 1.62. The zero-order chi connectivity index (χ0) is 13.2. The maximum absolute atomic E-state index is 12.2. The summed E-state index contributed by atoms with van der Waals surface area (Å²) < 4.78 is 27.2. The highest BCUT2D eigenvalue weighted by Crippen LogP contribution is 2.18. The van der Waals surface area contributed by atoms with Gasteiger partial charge in [0.05, 0.1) is 4.90 Å². The van der Waals surface area contributed by atoms with E-state index in [9.17, 15) is 8.42 Å². The zero-order valence-corrected chi connectivity index (χ0v) is 11.8. The fourth-order valence-corrected chi connectivity index (χ4v) is 3.77. The summed E-state index contributed by atoms with van der Waals surface area (Å²) in [6.07, 6.45) is 0.807. The van der Waals surface area contributed by atoms with E-state index in [-0.39, 0.29) is 16.9 Å². The Balaban J connectivity index is 2.16. The first-order chi connectivity index (χ1) is 8.49. The van der Waals surface area contributed by atoms with Crippen molar-refractivity contribution in [2.75, 3.05) is 13.1 Å². The summed E-state index contributed by atoms with van der Waals surface area (Å²) in [6.45, 7) is 3.72. The largest absolute Gasteiger partial charge is 0.316 e. The molecule has 1 saturated heterocycles. The van der Waals surface area contributed by atoms with Crippen LogP contribution in [0.5, 0.6) is 0 Å². The lowest BCUT2D eigenvalue weighted by atomic mass is 9.97. The number of nitrogens with one attached hydrogen (secondary N) is 2. The number of piperidine rings is 1. The molecule has 0 saturated carbocycles. The maximum Gasteiger partial charge on any atom is 0.240 e. The van der Waals surface area contributed by atoms with Crippen molar-refractivity contribution in [2.24, 2.45) is 5.92 Å².